The fourth-order valence-electron chi connectivity index (χ4n) is 1.88. The molecule has 0 fully saturated rings. The van der Waals surface area contributed by atoms with Gasteiger partial charge in [0.1, 0.15) is 0 Å². The zero-order chi connectivity index (χ0) is 13.7. The lowest BCUT2D eigenvalue weighted by molar-refractivity contribution is 0.0909. The first-order valence-corrected chi connectivity index (χ1v) is 6.22. The van der Waals surface area contributed by atoms with Crippen LogP contribution in [0.15, 0.2) is 18.2 Å². The van der Waals surface area contributed by atoms with Crippen LogP contribution in [0.5, 0.6) is 0 Å². The molecule has 0 saturated carbocycles. The molecule has 0 aliphatic heterocycles. The molecule has 0 heterocycles. The average Bonchev–Trinajstić information content (AvgIpc) is 2.30. The van der Waals surface area contributed by atoms with Crippen molar-refractivity contribution in [3.05, 3.63) is 29.3 Å². The Hall–Kier alpha value is -1.55. The highest BCUT2D eigenvalue weighted by Gasteiger charge is 2.16. The minimum atomic E-state index is -0.226. The summed E-state index contributed by atoms with van der Waals surface area (Å²) < 4.78 is 0. The van der Waals surface area contributed by atoms with Gasteiger partial charge in [-0.1, -0.05) is 25.5 Å². The predicted octanol–water partition coefficient (Wildman–Crippen LogP) is 1.71. The maximum absolute atomic E-state index is 12.1. The molecule has 1 unspecified atom stereocenters. The van der Waals surface area contributed by atoms with E-state index in [0.717, 1.165) is 12.0 Å². The van der Waals surface area contributed by atoms with Crippen molar-refractivity contribution in [2.45, 2.75) is 33.2 Å². The van der Waals surface area contributed by atoms with E-state index >= 15 is 0 Å². The summed E-state index contributed by atoms with van der Waals surface area (Å²) >= 11 is 0. The van der Waals surface area contributed by atoms with Crippen LogP contribution in [0.2, 0.25) is 0 Å². The number of aryl methyl sites for hydroxylation is 1. The number of carbonyl (C=O) groups excluding carboxylic acids is 1. The highest BCUT2D eigenvalue weighted by atomic mass is 16.3. The van der Waals surface area contributed by atoms with Gasteiger partial charge in [-0.25, -0.2) is 0 Å². The number of aliphatic hydroxyl groups excluding tert-OH is 1. The molecule has 4 nitrogen and oxygen atoms in total. The van der Waals surface area contributed by atoms with Gasteiger partial charge in [0.2, 0.25) is 0 Å². The number of rotatable bonds is 5. The summed E-state index contributed by atoms with van der Waals surface area (Å²) in [6.45, 7) is 5.95. The number of aliphatic hydroxyl groups is 1. The summed E-state index contributed by atoms with van der Waals surface area (Å²) in [4.78, 5) is 12.1. The van der Waals surface area contributed by atoms with Crippen molar-refractivity contribution in [1.82, 2.24) is 5.32 Å². The van der Waals surface area contributed by atoms with Gasteiger partial charge in [-0.2, -0.15) is 0 Å². The number of amides is 1. The second-order valence-electron chi connectivity index (χ2n) is 5.07. The molecule has 4 heteroatoms. The van der Waals surface area contributed by atoms with E-state index in [1.54, 1.807) is 12.1 Å². The molecule has 18 heavy (non-hydrogen) atoms. The largest absolute Gasteiger partial charge is 0.398 e. The summed E-state index contributed by atoms with van der Waals surface area (Å²) in [7, 11) is 0. The number of nitrogens with two attached hydrogens (primary N) is 1. The summed E-state index contributed by atoms with van der Waals surface area (Å²) in [6.07, 6.45) is 0.744. The van der Waals surface area contributed by atoms with Crippen LogP contribution < -0.4 is 11.1 Å². The third-order valence-corrected chi connectivity index (χ3v) is 2.76. The second kappa shape index (κ2) is 6.40. The van der Waals surface area contributed by atoms with E-state index in [2.05, 4.69) is 19.2 Å². The first kappa shape index (κ1) is 14.5. The average molecular weight is 250 g/mol. The molecule has 1 aromatic carbocycles. The molecule has 0 aromatic heterocycles. The summed E-state index contributed by atoms with van der Waals surface area (Å²) in [5.41, 5.74) is 7.70. The second-order valence-corrected chi connectivity index (χ2v) is 5.07. The molecule has 1 atom stereocenters. The van der Waals surface area contributed by atoms with Crippen LogP contribution in [-0.2, 0) is 0 Å². The Morgan fingerprint density at radius 3 is 2.67 bits per heavy atom. The number of benzene rings is 1. The van der Waals surface area contributed by atoms with Crippen molar-refractivity contribution in [1.29, 1.82) is 0 Å². The molecule has 1 rings (SSSR count). The molecular formula is C14H22N2O2. The maximum Gasteiger partial charge on any atom is 0.253 e. The van der Waals surface area contributed by atoms with Crippen LogP contribution >= 0.6 is 0 Å². The first-order valence-electron chi connectivity index (χ1n) is 6.22. The van der Waals surface area contributed by atoms with Gasteiger partial charge < -0.3 is 16.2 Å². The van der Waals surface area contributed by atoms with E-state index in [-0.39, 0.29) is 18.6 Å². The number of nitrogens with one attached hydrogen (secondary N) is 1. The lowest BCUT2D eigenvalue weighted by Gasteiger charge is -2.19. The van der Waals surface area contributed by atoms with Gasteiger partial charge in [0.15, 0.2) is 0 Å². The van der Waals surface area contributed by atoms with Crippen molar-refractivity contribution in [2.75, 3.05) is 12.3 Å². The van der Waals surface area contributed by atoms with Gasteiger partial charge in [0.25, 0.3) is 5.91 Å². The SMILES string of the molecule is Cc1ccc(N)c(C(=O)NC(CO)CC(C)C)c1. The molecule has 0 aliphatic rings. The van der Waals surface area contributed by atoms with Crippen LogP contribution in [0, 0.1) is 12.8 Å². The molecule has 4 N–H and O–H groups in total. The monoisotopic (exact) mass is 250 g/mol. The standard InChI is InChI=1S/C14H22N2O2/c1-9(2)6-11(8-17)16-14(18)12-7-10(3)4-5-13(12)15/h4-5,7,9,11,17H,6,8,15H2,1-3H3,(H,16,18). The molecule has 0 saturated heterocycles. The van der Waals surface area contributed by atoms with Gasteiger partial charge >= 0.3 is 0 Å². The zero-order valence-corrected chi connectivity index (χ0v) is 11.2. The first-order chi connectivity index (χ1) is 8.43. The topological polar surface area (TPSA) is 75.4 Å². The minimum absolute atomic E-state index is 0.0599. The molecule has 0 radical (unpaired) electrons. The van der Waals surface area contributed by atoms with Gasteiger partial charge in [-0.15, -0.1) is 0 Å². The Morgan fingerprint density at radius 1 is 1.44 bits per heavy atom. The Morgan fingerprint density at radius 2 is 2.11 bits per heavy atom. The molecule has 1 aromatic rings. The summed E-state index contributed by atoms with van der Waals surface area (Å²) in [5, 5.41) is 12.1. The van der Waals surface area contributed by atoms with Crippen LogP contribution in [0.1, 0.15) is 36.2 Å². The van der Waals surface area contributed by atoms with Crippen molar-refractivity contribution >= 4 is 11.6 Å². The van der Waals surface area contributed by atoms with Crippen molar-refractivity contribution < 1.29 is 9.90 Å². The Balaban J connectivity index is 2.77. The molecule has 100 valence electrons. The number of hydrogen-bond acceptors (Lipinski definition) is 3. The number of carbonyl (C=O) groups is 1. The van der Waals surface area contributed by atoms with E-state index in [1.807, 2.05) is 13.0 Å². The molecule has 1 amide bonds. The molecule has 0 aliphatic carbocycles. The fourth-order valence-corrected chi connectivity index (χ4v) is 1.88. The van der Waals surface area contributed by atoms with Crippen LogP contribution in [-0.4, -0.2) is 23.7 Å². The minimum Gasteiger partial charge on any atom is -0.398 e. The van der Waals surface area contributed by atoms with E-state index in [0.29, 0.717) is 17.2 Å². The maximum atomic E-state index is 12.1. The van der Waals surface area contributed by atoms with Crippen LogP contribution in [0.25, 0.3) is 0 Å². The van der Waals surface area contributed by atoms with E-state index in [9.17, 15) is 9.90 Å². The Bertz CT molecular complexity index is 416. The highest BCUT2D eigenvalue weighted by molar-refractivity contribution is 5.99. The Kier molecular flexibility index (Phi) is 5.16. The van der Waals surface area contributed by atoms with Gasteiger partial charge in [-0.05, 0) is 31.4 Å². The predicted molar refractivity (Wildman–Crippen MR) is 73.4 cm³/mol. The summed E-state index contributed by atoms with van der Waals surface area (Å²) in [5.74, 6) is 0.188. The molecule has 0 bridgehead atoms. The van der Waals surface area contributed by atoms with Gasteiger partial charge in [0, 0.05) is 5.69 Å². The van der Waals surface area contributed by atoms with Crippen molar-refractivity contribution in [2.24, 2.45) is 5.92 Å². The number of hydrogen-bond donors (Lipinski definition) is 3. The quantitative estimate of drug-likeness (QED) is 0.696. The fraction of sp³-hybridized carbons (Fsp3) is 0.500. The van der Waals surface area contributed by atoms with E-state index in [1.165, 1.54) is 0 Å². The zero-order valence-electron chi connectivity index (χ0n) is 11.2. The van der Waals surface area contributed by atoms with Crippen LogP contribution in [0.3, 0.4) is 0 Å². The van der Waals surface area contributed by atoms with Crippen molar-refractivity contribution in [3.8, 4) is 0 Å². The normalized spacial score (nSPS) is 12.5. The Labute approximate surface area is 108 Å². The highest BCUT2D eigenvalue weighted by Crippen LogP contribution is 2.14. The third kappa shape index (κ3) is 4.04. The number of nitrogen functional groups attached to an aromatic ring is 1. The lowest BCUT2D eigenvalue weighted by Crippen LogP contribution is -2.38. The molecule has 0 spiro atoms. The van der Waals surface area contributed by atoms with Crippen LogP contribution in [0.4, 0.5) is 5.69 Å². The third-order valence-electron chi connectivity index (χ3n) is 2.76. The number of anilines is 1. The van der Waals surface area contributed by atoms with Gasteiger partial charge in [0.05, 0.1) is 18.2 Å². The lowest BCUT2D eigenvalue weighted by atomic mass is 10.0. The smallest absolute Gasteiger partial charge is 0.253 e. The van der Waals surface area contributed by atoms with E-state index < -0.39 is 0 Å². The summed E-state index contributed by atoms with van der Waals surface area (Å²) in [6, 6.07) is 5.12. The molecular weight excluding hydrogens is 228 g/mol. The van der Waals surface area contributed by atoms with Gasteiger partial charge in [-0.3, -0.25) is 4.79 Å². The van der Waals surface area contributed by atoms with E-state index in [4.69, 9.17) is 5.73 Å². The van der Waals surface area contributed by atoms with Crippen molar-refractivity contribution in [3.63, 3.8) is 0 Å².